The van der Waals surface area contributed by atoms with Gasteiger partial charge < -0.3 is 4.57 Å². The molecule has 0 radical (unpaired) electrons. The third kappa shape index (κ3) is 1.85. The Morgan fingerprint density at radius 1 is 1.62 bits per heavy atom. The molecule has 13 heavy (non-hydrogen) atoms. The molecule has 0 bridgehead atoms. The first-order chi connectivity index (χ1) is 6.27. The smallest absolute Gasteiger partial charge is 0.109 e. The molecule has 3 heteroatoms. The first-order valence-electron chi connectivity index (χ1n) is 4.29. The van der Waals surface area contributed by atoms with Crippen LogP contribution in [0, 0.1) is 6.92 Å². The SMILES string of the molecule is Cc1nccn1C1=CC=CC(I)C1. The Labute approximate surface area is 91.5 Å². The van der Waals surface area contributed by atoms with Crippen LogP contribution in [0.1, 0.15) is 12.2 Å². The van der Waals surface area contributed by atoms with Crippen LogP contribution < -0.4 is 0 Å². The van der Waals surface area contributed by atoms with E-state index in [1.165, 1.54) is 5.70 Å². The molecule has 1 aliphatic carbocycles. The maximum absolute atomic E-state index is 4.21. The Balaban J connectivity index is 2.32. The minimum atomic E-state index is 0.611. The Bertz CT molecular complexity index is 363. The van der Waals surface area contributed by atoms with Gasteiger partial charge in [-0.15, -0.1) is 0 Å². The monoisotopic (exact) mass is 286 g/mol. The van der Waals surface area contributed by atoms with Gasteiger partial charge in [-0.05, 0) is 13.0 Å². The van der Waals surface area contributed by atoms with Gasteiger partial charge in [0.25, 0.3) is 0 Å². The maximum Gasteiger partial charge on any atom is 0.109 e. The van der Waals surface area contributed by atoms with Gasteiger partial charge in [0, 0.05) is 28.4 Å². The largest absolute Gasteiger partial charge is 0.308 e. The quantitative estimate of drug-likeness (QED) is 0.573. The molecule has 1 aliphatic rings. The van der Waals surface area contributed by atoms with Gasteiger partial charge in [-0.2, -0.15) is 0 Å². The second-order valence-corrected chi connectivity index (χ2v) is 4.71. The summed E-state index contributed by atoms with van der Waals surface area (Å²) in [5.74, 6) is 1.06. The molecule has 1 heterocycles. The number of nitrogens with zero attached hydrogens (tertiary/aromatic N) is 2. The number of rotatable bonds is 1. The second kappa shape index (κ2) is 3.65. The number of hydrogen-bond acceptors (Lipinski definition) is 1. The van der Waals surface area contributed by atoms with Gasteiger partial charge in [0.2, 0.25) is 0 Å². The Morgan fingerprint density at radius 3 is 3.08 bits per heavy atom. The molecule has 0 saturated heterocycles. The minimum absolute atomic E-state index is 0.611. The maximum atomic E-state index is 4.21. The highest BCUT2D eigenvalue weighted by atomic mass is 127. The van der Waals surface area contributed by atoms with E-state index in [0.717, 1.165) is 12.2 Å². The van der Waals surface area contributed by atoms with Crippen LogP contribution in [-0.4, -0.2) is 13.5 Å². The molecule has 1 unspecified atom stereocenters. The number of aryl methyl sites for hydroxylation is 1. The topological polar surface area (TPSA) is 17.8 Å². The van der Waals surface area contributed by atoms with E-state index in [4.69, 9.17) is 0 Å². The highest BCUT2D eigenvalue weighted by molar-refractivity contribution is 14.1. The van der Waals surface area contributed by atoms with Crippen molar-refractivity contribution in [1.29, 1.82) is 0 Å². The van der Waals surface area contributed by atoms with Crippen molar-refractivity contribution >= 4 is 28.3 Å². The lowest BCUT2D eigenvalue weighted by atomic mass is 10.1. The van der Waals surface area contributed by atoms with E-state index in [9.17, 15) is 0 Å². The van der Waals surface area contributed by atoms with Gasteiger partial charge >= 0.3 is 0 Å². The molecule has 1 aromatic heterocycles. The number of hydrogen-bond donors (Lipinski definition) is 0. The predicted molar refractivity (Wildman–Crippen MR) is 62.8 cm³/mol. The third-order valence-electron chi connectivity index (χ3n) is 2.15. The molecule has 0 N–H and O–H groups in total. The average Bonchev–Trinajstić information content (AvgIpc) is 2.51. The van der Waals surface area contributed by atoms with Gasteiger partial charge in [0.15, 0.2) is 0 Å². The van der Waals surface area contributed by atoms with Gasteiger partial charge in [0.1, 0.15) is 5.82 Å². The van der Waals surface area contributed by atoms with Crippen molar-refractivity contribution in [2.75, 3.05) is 0 Å². The zero-order chi connectivity index (χ0) is 9.26. The zero-order valence-electron chi connectivity index (χ0n) is 7.44. The van der Waals surface area contributed by atoms with E-state index in [1.54, 1.807) is 0 Å². The fourth-order valence-electron chi connectivity index (χ4n) is 1.48. The van der Waals surface area contributed by atoms with Gasteiger partial charge in [-0.25, -0.2) is 4.98 Å². The summed E-state index contributed by atoms with van der Waals surface area (Å²) in [7, 11) is 0. The van der Waals surface area contributed by atoms with Crippen molar-refractivity contribution in [2.45, 2.75) is 17.3 Å². The zero-order valence-corrected chi connectivity index (χ0v) is 9.60. The second-order valence-electron chi connectivity index (χ2n) is 3.11. The summed E-state index contributed by atoms with van der Waals surface area (Å²) in [6.07, 6.45) is 11.4. The van der Waals surface area contributed by atoms with Crippen LogP contribution in [0.2, 0.25) is 0 Å². The van der Waals surface area contributed by atoms with E-state index in [1.807, 2.05) is 19.3 Å². The van der Waals surface area contributed by atoms with E-state index in [0.29, 0.717) is 3.92 Å². The van der Waals surface area contributed by atoms with Crippen LogP contribution in [-0.2, 0) is 0 Å². The minimum Gasteiger partial charge on any atom is -0.308 e. The molecule has 68 valence electrons. The molecule has 2 nitrogen and oxygen atoms in total. The van der Waals surface area contributed by atoms with Crippen molar-refractivity contribution in [3.63, 3.8) is 0 Å². The molecule has 0 aromatic carbocycles. The number of imidazole rings is 1. The van der Waals surface area contributed by atoms with Crippen molar-refractivity contribution in [1.82, 2.24) is 9.55 Å². The summed E-state index contributed by atoms with van der Waals surface area (Å²) in [5, 5.41) is 0. The fraction of sp³-hybridized carbons (Fsp3) is 0.300. The van der Waals surface area contributed by atoms with Crippen molar-refractivity contribution in [2.24, 2.45) is 0 Å². The Hall–Kier alpha value is -0.580. The molecule has 0 amide bonds. The first-order valence-corrected chi connectivity index (χ1v) is 5.53. The molecule has 0 fully saturated rings. The van der Waals surface area contributed by atoms with Crippen molar-refractivity contribution in [3.8, 4) is 0 Å². The van der Waals surface area contributed by atoms with Crippen molar-refractivity contribution < 1.29 is 0 Å². The summed E-state index contributed by atoms with van der Waals surface area (Å²) in [6.45, 7) is 2.03. The lowest BCUT2D eigenvalue weighted by Gasteiger charge is -2.15. The third-order valence-corrected chi connectivity index (χ3v) is 3.00. The predicted octanol–water partition coefficient (Wildman–Crippen LogP) is 2.80. The Morgan fingerprint density at radius 2 is 2.46 bits per heavy atom. The average molecular weight is 286 g/mol. The van der Waals surface area contributed by atoms with Gasteiger partial charge in [-0.1, -0.05) is 34.7 Å². The number of allylic oxidation sites excluding steroid dienone is 4. The molecule has 1 atom stereocenters. The van der Waals surface area contributed by atoms with Gasteiger partial charge in [-0.3, -0.25) is 0 Å². The molecule has 1 aromatic rings. The van der Waals surface area contributed by atoms with Crippen LogP contribution in [0.5, 0.6) is 0 Å². The van der Waals surface area contributed by atoms with E-state index in [-0.39, 0.29) is 0 Å². The summed E-state index contributed by atoms with van der Waals surface area (Å²) in [5.41, 5.74) is 1.33. The summed E-state index contributed by atoms with van der Waals surface area (Å²) < 4.78 is 2.76. The Kier molecular flexibility index (Phi) is 2.53. The van der Waals surface area contributed by atoms with Crippen LogP contribution in [0.15, 0.2) is 30.6 Å². The van der Waals surface area contributed by atoms with Crippen LogP contribution in [0.4, 0.5) is 0 Å². The van der Waals surface area contributed by atoms with Crippen LogP contribution in [0.25, 0.3) is 5.70 Å². The summed E-state index contributed by atoms with van der Waals surface area (Å²) in [6, 6.07) is 0. The molecular formula is C10H11IN2. The van der Waals surface area contributed by atoms with Crippen LogP contribution in [0.3, 0.4) is 0 Å². The highest BCUT2D eigenvalue weighted by Crippen LogP contribution is 2.23. The van der Waals surface area contributed by atoms with E-state index < -0.39 is 0 Å². The molecule has 0 spiro atoms. The first kappa shape index (κ1) is 8.99. The molecular weight excluding hydrogens is 275 g/mol. The molecule has 2 rings (SSSR count). The lowest BCUT2D eigenvalue weighted by molar-refractivity contribution is 0.922. The van der Waals surface area contributed by atoms with Gasteiger partial charge in [0.05, 0.1) is 0 Å². The van der Waals surface area contributed by atoms with Crippen LogP contribution >= 0.6 is 22.6 Å². The molecule has 0 aliphatic heterocycles. The molecule has 0 saturated carbocycles. The number of alkyl halides is 1. The number of aromatic nitrogens is 2. The van der Waals surface area contributed by atoms with Crippen molar-refractivity contribution in [3.05, 3.63) is 36.4 Å². The lowest BCUT2D eigenvalue weighted by Crippen LogP contribution is -2.06. The van der Waals surface area contributed by atoms with E-state index >= 15 is 0 Å². The van der Waals surface area contributed by atoms with E-state index in [2.05, 4.69) is 50.4 Å². The fourth-order valence-corrected chi connectivity index (χ4v) is 2.17. The highest BCUT2D eigenvalue weighted by Gasteiger charge is 2.10. The summed E-state index contributed by atoms with van der Waals surface area (Å²) >= 11 is 2.45. The number of halogens is 1. The standard InChI is InChI=1S/C10H11IN2/c1-8-12-5-6-13(8)10-4-2-3-9(11)7-10/h2-6,9H,7H2,1H3. The normalized spacial score (nSPS) is 21.7. The summed E-state index contributed by atoms with van der Waals surface area (Å²) in [4.78, 5) is 4.21.